The van der Waals surface area contributed by atoms with E-state index in [-0.39, 0.29) is 23.3 Å². The predicted molar refractivity (Wildman–Crippen MR) is 171 cm³/mol. The topological polar surface area (TPSA) is 87.3 Å². The summed E-state index contributed by atoms with van der Waals surface area (Å²) < 4.78 is 0. The molecule has 0 radical (unpaired) electrons. The molecular formula is C35H29N3O3S. The summed E-state index contributed by atoms with van der Waals surface area (Å²) in [6.45, 7) is 1.96. The van der Waals surface area contributed by atoms with Gasteiger partial charge in [-0.15, -0.1) is 11.8 Å². The van der Waals surface area contributed by atoms with Crippen LogP contribution >= 0.6 is 11.8 Å². The van der Waals surface area contributed by atoms with E-state index in [9.17, 15) is 14.4 Å². The Kier molecular flexibility index (Phi) is 9.11. The van der Waals surface area contributed by atoms with Crippen molar-refractivity contribution in [1.29, 1.82) is 0 Å². The van der Waals surface area contributed by atoms with Crippen molar-refractivity contribution in [1.82, 2.24) is 5.32 Å². The molecule has 0 aliphatic carbocycles. The lowest BCUT2D eigenvalue weighted by Crippen LogP contribution is -2.30. The minimum atomic E-state index is -0.448. The van der Waals surface area contributed by atoms with E-state index in [2.05, 4.69) is 16.0 Å². The molecule has 0 fully saturated rings. The van der Waals surface area contributed by atoms with Gasteiger partial charge in [0.05, 0.1) is 5.75 Å². The van der Waals surface area contributed by atoms with E-state index in [1.54, 1.807) is 42.5 Å². The van der Waals surface area contributed by atoms with E-state index in [0.29, 0.717) is 11.3 Å². The first-order valence-electron chi connectivity index (χ1n) is 13.4. The van der Waals surface area contributed by atoms with E-state index < -0.39 is 5.91 Å². The Morgan fingerprint density at radius 3 is 2.24 bits per heavy atom. The summed E-state index contributed by atoms with van der Waals surface area (Å²) in [5, 5.41) is 10.7. The van der Waals surface area contributed by atoms with Gasteiger partial charge < -0.3 is 16.0 Å². The summed E-state index contributed by atoms with van der Waals surface area (Å²) in [7, 11) is 0. The molecule has 208 valence electrons. The highest BCUT2D eigenvalue weighted by molar-refractivity contribution is 8.00. The number of nitrogens with one attached hydrogen (secondary N) is 3. The van der Waals surface area contributed by atoms with Crippen LogP contribution in [-0.2, 0) is 9.59 Å². The van der Waals surface area contributed by atoms with Gasteiger partial charge in [0, 0.05) is 27.2 Å². The monoisotopic (exact) mass is 571 g/mol. The zero-order chi connectivity index (χ0) is 29.3. The lowest BCUT2D eigenvalue weighted by molar-refractivity contribution is -0.114. The van der Waals surface area contributed by atoms with Crippen molar-refractivity contribution in [3.8, 4) is 0 Å². The number of hydrogen-bond acceptors (Lipinski definition) is 4. The Hall–Kier alpha value is -5.14. The SMILES string of the molecule is Cc1cccc(/C=C(\NC(=O)c2ccccc2)C(=O)Nc2ccc(SCC(=O)Nc3cccc4ccccc34)cc2)c1. The van der Waals surface area contributed by atoms with E-state index in [1.807, 2.05) is 91.9 Å². The second-order valence-electron chi connectivity index (χ2n) is 9.63. The van der Waals surface area contributed by atoms with E-state index in [0.717, 1.165) is 32.5 Å². The number of aryl methyl sites for hydroxylation is 1. The summed E-state index contributed by atoms with van der Waals surface area (Å²) in [6, 6.07) is 37.4. The fourth-order valence-electron chi connectivity index (χ4n) is 4.37. The van der Waals surface area contributed by atoms with Gasteiger partial charge in [-0.2, -0.15) is 0 Å². The van der Waals surface area contributed by atoms with Crippen LogP contribution in [0.1, 0.15) is 21.5 Å². The third-order valence-electron chi connectivity index (χ3n) is 6.43. The van der Waals surface area contributed by atoms with Crippen LogP contribution in [0.3, 0.4) is 0 Å². The van der Waals surface area contributed by atoms with E-state index in [4.69, 9.17) is 0 Å². The fraction of sp³-hybridized carbons (Fsp3) is 0.0571. The molecule has 0 saturated heterocycles. The molecule has 3 N–H and O–H groups in total. The summed E-state index contributed by atoms with van der Waals surface area (Å²) in [5.41, 5.74) is 3.75. The molecule has 0 bridgehead atoms. The van der Waals surface area contributed by atoms with Gasteiger partial charge >= 0.3 is 0 Å². The van der Waals surface area contributed by atoms with Crippen molar-refractivity contribution in [3.05, 3.63) is 144 Å². The van der Waals surface area contributed by atoms with Gasteiger partial charge in [0.25, 0.3) is 11.8 Å². The van der Waals surface area contributed by atoms with Crippen LogP contribution in [0.4, 0.5) is 11.4 Å². The molecule has 3 amide bonds. The average molecular weight is 572 g/mol. The molecular weight excluding hydrogens is 542 g/mol. The van der Waals surface area contributed by atoms with Crippen LogP contribution in [0.25, 0.3) is 16.8 Å². The largest absolute Gasteiger partial charge is 0.325 e. The van der Waals surface area contributed by atoms with Crippen LogP contribution in [0.5, 0.6) is 0 Å². The lowest BCUT2D eigenvalue weighted by Gasteiger charge is -2.12. The van der Waals surface area contributed by atoms with Crippen molar-refractivity contribution in [2.24, 2.45) is 0 Å². The van der Waals surface area contributed by atoms with Crippen LogP contribution in [-0.4, -0.2) is 23.5 Å². The molecule has 5 rings (SSSR count). The molecule has 7 heteroatoms. The smallest absolute Gasteiger partial charge is 0.272 e. The molecule has 0 heterocycles. The molecule has 0 aliphatic heterocycles. The maximum Gasteiger partial charge on any atom is 0.272 e. The zero-order valence-electron chi connectivity index (χ0n) is 23.0. The van der Waals surface area contributed by atoms with Crippen LogP contribution in [0, 0.1) is 6.92 Å². The number of carbonyl (C=O) groups excluding carboxylic acids is 3. The highest BCUT2D eigenvalue weighted by atomic mass is 32.2. The van der Waals surface area contributed by atoms with Gasteiger partial charge in [-0.25, -0.2) is 0 Å². The quantitative estimate of drug-likeness (QED) is 0.128. The molecule has 5 aromatic rings. The van der Waals surface area contributed by atoms with Gasteiger partial charge in [-0.3, -0.25) is 14.4 Å². The number of anilines is 2. The molecule has 5 aromatic carbocycles. The first-order valence-corrected chi connectivity index (χ1v) is 14.4. The summed E-state index contributed by atoms with van der Waals surface area (Å²) in [6.07, 6.45) is 1.65. The zero-order valence-corrected chi connectivity index (χ0v) is 23.8. The summed E-state index contributed by atoms with van der Waals surface area (Å²) in [4.78, 5) is 39.7. The normalized spacial score (nSPS) is 11.1. The molecule has 0 aliphatic rings. The van der Waals surface area contributed by atoms with Gasteiger partial charge in [-0.1, -0.05) is 84.4 Å². The lowest BCUT2D eigenvalue weighted by atomic mass is 10.1. The second kappa shape index (κ2) is 13.5. The minimum absolute atomic E-state index is 0.103. The fourth-order valence-corrected chi connectivity index (χ4v) is 5.07. The minimum Gasteiger partial charge on any atom is -0.325 e. The summed E-state index contributed by atoms with van der Waals surface area (Å²) >= 11 is 1.40. The Morgan fingerprint density at radius 1 is 0.738 bits per heavy atom. The standard InChI is InChI=1S/C35H29N3O3S/c1-24-9-7-10-25(21-24)22-32(38-34(40)27-12-3-2-4-13-27)35(41)36-28-17-19-29(20-18-28)42-23-33(39)37-31-16-8-14-26-11-5-6-15-30(26)31/h2-22H,23H2,1H3,(H,36,41)(H,37,39)(H,38,40)/b32-22-. The molecule has 6 nitrogen and oxygen atoms in total. The van der Waals surface area contributed by atoms with Crippen LogP contribution < -0.4 is 16.0 Å². The molecule has 0 atom stereocenters. The third kappa shape index (κ3) is 7.53. The Morgan fingerprint density at radius 2 is 1.45 bits per heavy atom. The number of fused-ring (bicyclic) bond motifs is 1. The maximum absolute atomic E-state index is 13.3. The van der Waals surface area contributed by atoms with Gasteiger partial charge in [0.1, 0.15) is 5.70 Å². The highest BCUT2D eigenvalue weighted by Crippen LogP contribution is 2.25. The second-order valence-corrected chi connectivity index (χ2v) is 10.7. The van der Waals surface area contributed by atoms with Crippen molar-refractivity contribution >= 4 is 57.7 Å². The van der Waals surface area contributed by atoms with Gasteiger partial charge in [0.15, 0.2) is 0 Å². The Bertz CT molecular complexity index is 1760. The number of rotatable bonds is 9. The van der Waals surface area contributed by atoms with Crippen molar-refractivity contribution in [3.63, 3.8) is 0 Å². The maximum atomic E-state index is 13.3. The van der Waals surface area contributed by atoms with Gasteiger partial charge in [-0.05, 0) is 66.4 Å². The molecule has 0 saturated carbocycles. The van der Waals surface area contributed by atoms with Gasteiger partial charge in [0.2, 0.25) is 5.91 Å². The van der Waals surface area contributed by atoms with E-state index >= 15 is 0 Å². The first kappa shape index (κ1) is 28.4. The molecule has 0 spiro atoms. The average Bonchev–Trinajstić information content (AvgIpc) is 3.01. The molecule has 0 unspecified atom stereocenters. The number of thioether (sulfide) groups is 1. The van der Waals surface area contributed by atoms with Crippen molar-refractivity contribution < 1.29 is 14.4 Å². The molecule has 0 aromatic heterocycles. The third-order valence-corrected chi connectivity index (χ3v) is 7.44. The Labute approximate surface area is 248 Å². The number of benzene rings is 5. The summed E-state index contributed by atoms with van der Waals surface area (Å²) in [5.74, 6) is -0.688. The molecule has 42 heavy (non-hydrogen) atoms. The number of amides is 3. The number of hydrogen-bond donors (Lipinski definition) is 3. The van der Waals surface area contributed by atoms with Crippen LogP contribution in [0.2, 0.25) is 0 Å². The van der Waals surface area contributed by atoms with Crippen LogP contribution in [0.15, 0.2) is 132 Å². The van der Waals surface area contributed by atoms with Crippen molar-refractivity contribution in [2.75, 3.05) is 16.4 Å². The van der Waals surface area contributed by atoms with E-state index in [1.165, 1.54) is 11.8 Å². The Balaban J connectivity index is 1.22. The van der Waals surface area contributed by atoms with Crippen molar-refractivity contribution in [2.45, 2.75) is 11.8 Å². The highest BCUT2D eigenvalue weighted by Gasteiger charge is 2.15. The number of carbonyl (C=O) groups is 3. The predicted octanol–water partition coefficient (Wildman–Crippen LogP) is 7.29. The first-order chi connectivity index (χ1) is 20.4.